The van der Waals surface area contributed by atoms with Gasteiger partial charge in [-0.2, -0.15) is 0 Å². The Bertz CT molecular complexity index is 956. The molecule has 0 amide bonds. The summed E-state index contributed by atoms with van der Waals surface area (Å²) < 4.78 is 11.9. The van der Waals surface area contributed by atoms with Crippen molar-refractivity contribution in [3.8, 4) is 16.9 Å². The highest BCUT2D eigenvalue weighted by molar-refractivity contribution is 5.83. The molecular formula is C25H31NO4. The second-order valence-electron chi connectivity index (χ2n) is 9.30. The molecule has 1 fully saturated rings. The monoisotopic (exact) mass is 409 g/mol. The third kappa shape index (κ3) is 4.23. The molecule has 0 radical (unpaired) electrons. The van der Waals surface area contributed by atoms with Gasteiger partial charge in [-0.15, -0.1) is 0 Å². The van der Waals surface area contributed by atoms with Crippen molar-refractivity contribution in [2.75, 3.05) is 6.61 Å². The fourth-order valence-corrected chi connectivity index (χ4v) is 4.32. The second-order valence-corrected chi connectivity index (χ2v) is 9.30. The molecule has 1 aliphatic carbocycles. The first-order valence-electron chi connectivity index (χ1n) is 10.8. The van der Waals surface area contributed by atoms with Crippen molar-refractivity contribution < 1.29 is 19.4 Å². The molecule has 1 heterocycles. The zero-order valence-corrected chi connectivity index (χ0v) is 18.0. The third-order valence-corrected chi connectivity index (χ3v) is 5.76. The molecule has 5 nitrogen and oxygen atoms in total. The van der Waals surface area contributed by atoms with E-state index in [4.69, 9.17) is 15.2 Å². The van der Waals surface area contributed by atoms with Gasteiger partial charge >= 0.3 is 5.97 Å². The number of hydrogen-bond donors (Lipinski definition) is 2. The van der Waals surface area contributed by atoms with Gasteiger partial charge in [-0.3, -0.25) is 0 Å². The molecule has 2 aromatic carbocycles. The number of nitrogens with two attached hydrogens (primary N) is 1. The third-order valence-electron chi connectivity index (χ3n) is 5.76. The van der Waals surface area contributed by atoms with E-state index < -0.39 is 17.7 Å². The Balaban J connectivity index is 1.94. The van der Waals surface area contributed by atoms with Crippen LogP contribution in [0, 0.1) is 0 Å². The Hall–Kier alpha value is -2.37. The molecule has 160 valence electrons. The Morgan fingerprint density at radius 2 is 2.03 bits per heavy atom. The first kappa shape index (κ1) is 20.9. The number of aliphatic carboxylic acids is 1. The average molecular weight is 410 g/mol. The summed E-state index contributed by atoms with van der Waals surface area (Å²) >= 11 is 0. The molecule has 2 aromatic rings. The fraction of sp³-hybridized carbons (Fsp3) is 0.480. The summed E-state index contributed by atoms with van der Waals surface area (Å²) in [5, 5.41) is 10.1. The Morgan fingerprint density at radius 3 is 2.67 bits per heavy atom. The highest BCUT2D eigenvalue weighted by Gasteiger charge is 2.35. The molecule has 3 N–H and O–H groups in total. The van der Waals surface area contributed by atoms with Crippen molar-refractivity contribution in [2.24, 2.45) is 5.73 Å². The molecular weight excluding hydrogens is 378 g/mol. The Kier molecular flexibility index (Phi) is 5.60. The lowest BCUT2D eigenvalue weighted by Gasteiger charge is -2.29. The highest BCUT2D eigenvalue weighted by atomic mass is 16.5. The molecule has 0 bridgehead atoms. The Labute approximate surface area is 178 Å². The summed E-state index contributed by atoms with van der Waals surface area (Å²) in [7, 11) is 0. The number of ether oxygens (including phenoxy) is 2. The number of benzene rings is 2. The SMILES string of the molecule is CC(C)(C)O[C@H](C(=O)O)c1c(CN)ccc(C2CC2)c1-c1ccc2c(c1)CCCO2. The summed E-state index contributed by atoms with van der Waals surface area (Å²) in [5.74, 6) is 0.396. The minimum Gasteiger partial charge on any atom is -0.493 e. The normalized spacial score (nSPS) is 17.2. The minimum atomic E-state index is -1.08. The van der Waals surface area contributed by atoms with Gasteiger partial charge in [-0.25, -0.2) is 4.79 Å². The van der Waals surface area contributed by atoms with Gasteiger partial charge < -0.3 is 20.3 Å². The van der Waals surface area contributed by atoms with Crippen LogP contribution in [0.3, 0.4) is 0 Å². The van der Waals surface area contributed by atoms with Gasteiger partial charge in [-0.1, -0.05) is 18.2 Å². The summed E-state index contributed by atoms with van der Waals surface area (Å²) in [5.41, 5.74) is 11.4. The van der Waals surface area contributed by atoms with Crippen LogP contribution in [0.15, 0.2) is 30.3 Å². The van der Waals surface area contributed by atoms with Gasteiger partial charge in [-0.05, 0) is 92.3 Å². The molecule has 4 rings (SSSR count). The van der Waals surface area contributed by atoms with Gasteiger partial charge in [0.25, 0.3) is 0 Å². The van der Waals surface area contributed by atoms with E-state index in [2.05, 4.69) is 12.1 Å². The molecule has 0 unspecified atom stereocenters. The standard InChI is InChI=1S/C25H31NO4/c1-25(2,3)30-23(24(27)28)22-18(14-26)8-10-19(15-6-7-15)21(22)17-9-11-20-16(13-17)5-4-12-29-20/h8-11,13,15,23H,4-7,12,14,26H2,1-3H3,(H,27,28)/t23-/m0/s1. The first-order chi connectivity index (χ1) is 14.3. The zero-order valence-electron chi connectivity index (χ0n) is 18.0. The van der Waals surface area contributed by atoms with Crippen molar-refractivity contribution in [1.29, 1.82) is 0 Å². The minimum absolute atomic E-state index is 0.263. The van der Waals surface area contributed by atoms with E-state index in [9.17, 15) is 9.90 Å². The number of fused-ring (bicyclic) bond motifs is 1. The van der Waals surface area contributed by atoms with Crippen LogP contribution >= 0.6 is 0 Å². The molecule has 1 aliphatic heterocycles. The van der Waals surface area contributed by atoms with E-state index in [1.54, 1.807) is 0 Å². The lowest BCUT2D eigenvalue weighted by Crippen LogP contribution is -2.29. The van der Waals surface area contributed by atoms with E-state index in [1.807, 2.05) is 39.0 Å². The maximum atomic E-state index is 12.4. The number of carbonyl (C=O) groups is 1. The van der Waals surface area contributed by atoms with Crippen LogP contribution < -0.4 is 10.5 Å². The lowest BCUT2D eigenvalue weighted by molar-refractivity contribution is -0.160. The number of carboxylic acids is 1. The largest absolute Gasteiger partial charge is 0.493 e. The summed E-state index contributed by atoms with van der Waals surface area (Å²) in [6.45, 7) is 6.65. The molecule has 1 atom stereocenters. The van der Waals surface area contributed by atoms with E-state index in [0.29, 0.717) is 11.5 Å². The van der Waals surface area contributed by atoms with Crippen LogP contribution in [0.2, 0.25) is 0 Å². The van der Waals surface area contributed by atoms with Crippen LogP contribution in [0.1, 0.15) is 74.3 Å². The average Bonchev–Trinajstić information content (AvgIpc) is 3.55. The summed E-state index contributed by atoms with van der Waals surface area (Å²) in [6.07, 6.45) is 3.13. The van der Waals surface area contributed by atoms with Crippen molar-refractivity contribution in [2.45, 2.75) is 70.6 Å². The topological polar surface area (TPSA) is 81.8 Å². The molecule has 0 spiro atoms. The highest BCUT2D eigenvalue weighted by Crippen LogP contribution is 2.48. The van der Waals surface area contributed by atoms with Crippen LogP contribution in [-0.2, 0) is 22.5 Å². The van der Waals surface area contributed by atoms with Gasteiger partial charge in [0.05, 0.1) is 12.2 Å². The smallest absolute Gasteiger partial charge is 0.337 e. The quantitative estimate of drug-likeness (QED) is 0.705. The number of rotatable bonds is 6. The van der Waals surface area contributed by atoms with Crippen molar-refractivity contribution in [1.82, 2.24) is 0 Å². The van der Waals surface area contributed by atoms with Crippen molar-refractivity contribution >= 4 is 5.97 Å². The second kappa shape index (κ2) is 8.05. The summed E-state index contributed by atoms with van der Waals surface area (Å²) in [6, 6.07) is 10.3. The lowest BCUT2D eigenvalue weighted by atomic mass is 9.85. The van der Waals surface area contributed by atoms with Crippen LogP contribution in [0.4, 0.5) is 0 Å². The van der Waals surface area contributed by atoms with Gasteiger partial charge in [0.1, 0.15) is 5.75 Å². The van der Waals surface area contributed by atoms with Gasteiger partial charge in [0, 0.05) is 12.1 Å². The predicted molar refractivity (Wildman–Crippen MR) is 117 cm³/mol. The maximum absolute atomic E-state index is 12.4. The van der Waals surface area contributed by atoms with E-state index >= 15 is 0 Å². The fourth-order valence-electron chi connectivity index (χ4n) is 4.32. The number of hydrogen-bond acceptors (Lipinski definition) is 4. The molecule has 0 saturated heterocycles. The summed E-state index contributed by atoms with van der Waals surface area (Å²) in [4.78, 5) is 12.4. The molecule has 5 heteroatoms. The van der Waals surface area contributed by atoms with E-state index in [1.165, 1.54) is 11.1 Å². The van der Waals surface area contributed by atoms with E-state index in [-0.39, 0.29) is 6.54 Å². The van der Waals surface area contributed by atoms with Crippen molar-refractivity contribution in [3.63, 3.8) is 0 Å². The van der Waals surface area contributed by atoms with Crippen LogP contribution in [0.5, 0.6) is 5.75 Å². The molecule has 30 heavy (non-hydrogen) atoms. The maximum Gasteiger partial charge on any atom is 0.337 e. The van der Waals surface area contributed by atoms with Crippen LogP contribution in [-0.4, -0.2) is 23.3 Å². The van der Waals surface area contributed by atoms with Crippen molar-refractivity contribution in [3.05, 3.63) is 52.6 Å². The molecule has 2 aliphatic rings. The predicted octanol–water partition coefficient (Wildman–Crippen LogP) is 4.96. The van der Waals surface area contributed by atoms with Crippen LogP contribution in [0.25, 0.3) is 11.1 Å². The Morgan fingerprint density at radius 1 is 1.27 bits per heavy atom. The molecule has 1 saturated carbocycles. The number of aryl methyl sites for hydroxylation is 1. The molecule has 0 aromatic heterocycles. The van der Waals surface area contributed by atoms with Gasteiger partial charge in [0.2, 0.25) is 0 Å². The zero-order chi connectivity index (χ0) is 21.5. The first-order valence-corrected chi connectivity index (χ1v) is 10.8. The van der Waals surface area contributed by atoms with E-state index in [0.717, 1.165) is 54.7 Å². The number of carboxylic acid groups (broad SMARTS) is 1. The van der Waals surface area contributed by atoms with Gasteiger partial charge in [0.15, 0.2) is 6.10 Å².